The van der Waals surface area contributed by atoms with E-state index < -0.39 is 11.9 Å². The second-order valence-electron chi connectivity index (χ2n) is 12.9. The number of aliphatic carboxylic acids is 1. The van der Waals surface area contributed by atoms with Gasteiger partial charge in [-0.25, -0.2) is 4.79 Å². The van der Waals surface area contributed by atoms with Crippen LogP contribution in [0.25, 0.3) is 0 Å². The minimum absolute atomic E-state index is 0.178. The van der Waals surface area contributed by atoms with Gasteiger partial charge in [0.15, 0.2) is 0 Å². The fourth-order valence-corrected chi connectivity index (χ4v) is 6.43. The summed E-state index contributed by atoms with van der Waals surface area (Å²) in [5, 5.41) is 27.7. The molecule has 0 aromatic carbocycles. The highest BCUT2D eigenvalue weighted by Crippen LogP contribution is 2.25. The lowest BCUT2D eigenvalue weighted by molar-refractivity contribution is -0.133. The summed E-state index contributed by atoms with van der Waals surface area (Å²) in [6.45, 7) is -0.636. The van der Waals surface area contributed by atoms with E-state index >= 15 is 0 Å². The number of carboxylic acid groups (broad SMARTS) is 1. The Labute approximate surface area is 248 Å². The number of rotatable bonds is 5. The summed E-state index contributed by atoms with van der Waals surface area (Å²) < 4.78 is 0. The summed E-state index contributed by atoms with van der Waals surface area (Å²) in [5.41, 5.74) is 0.178. The molecule has 0 amide bonds. The zero-order valence-electron chi connectivity index (χ0n) is 26.4. The molecular weight excluding hydrogens is 496 g/mol. The van der Waals surface area contributed by atoms with Gasteiger partial charge in [0.25, 0.3) is 0 Å². The monoisotopic (exact) mass is 565 g/mol. The van der Waals surface area contributed by atoms with Gasteiger partial charge in [-0.1, -0.05) is 179 Å². The third-order valence-corrected chi connectivity index (χ3v) is 9.19. The summed E-state index contributed by atoms with van der Waals surface area (Å²) in [4.78, 5) is 11.3. The molecule has 0 aromatic rings. The van der Waals surface area contributed by atoms with Gasteiger partial charge in [0.1, 0.15) is 0 Å². The highest BCUT2D eigenvalue weighted by molar-refractivity contribution is 5.87. The van der Waals surface area contributed by atoms with Gasteiger partial charge >= 0.3 is 5.97 Å². The van der Waals surface area contributed by atoms with E-state index in [1.807, 2.05) is 0 Å². The highest BCUT2D eigenvalue weighted by Gasteiger charge is 2.21. The van der Waals surface area contributed by atoms with Crippen molar-refractivity contribution in [3.05, 3.63) is 11.6 Å². The molecule has 236 valence electrons. The molecule has 3 fully saturated rings. The summed E-state index contributed by atoms with van der Waals surface area (Å²) in [6, 6.07) is 0. The summed E-state index contributed by atoms with van der Waals surface area (Å²) >= 11 is 0. The molecule has 0 radical (unpaired) electrons. The van der Waals surface area contributed by atoms with Crippen LogP contribution in [0, 0.1) is 11.8 Å². The maximum atomic E-state index is 11.3. The molecule has 3 saturated carbocycles. The van der Waals surface area contributed by atoms with E-state index in [4.69, 9.17) is 0 Å². The third kappa shape index (κ3) is 21.8. The van der Waals surface area contributed by atoms with Crippen LogP contribution in [-0.2, 0) is 4.79 Å². The van der Waals surface area contributed by atoms with Crippen molar-refractivity contribution in [3.63, 3.8) is 0 Å². The number of allylic oxidation sites excluding steroid dienone is 1. The normalized spacial score (nSPS) is 22.0. The minimum Gasteiger partial charge on any atom is -0.478 e. The molecule has 0 aromatic heterocycles. The Morgan fingerprint density at radius 1 is 0.475 bits per heavy atom. The van der Waals surface area contributed by atoms with E-state index in [9.17, 15) is 20.1 Å². The fourth-order valence-electron chi connectivity index (χ4n) is 6.43. The van der Waals surface area contributed by atoms with Crippen molar-refractivity contribution < 1.29 is 20.1 Å². The number of carbonyl (C=O) groups is 1. The molecule has 4 nitrogen and oxygen atoms in total. The Kier molecular flexibility index (Phi) is 26.2. The molecule has 3 aliphatic rings. The van der Waals surface area contributed by atoms with E-state index in [1.165, 1.54) is 161 Å². The molecule has 0 bridgehead atoms. The Bertz CT molecular complexity index is 487. The van der Waals surface area contributed by atoms with Gasteiger partial charge in [-0.05, 0) is 18.8 Å². The molecule has 0 saturated heterocycles. The van der Waals surface area contributed by atoms with Gasteiger partial charge in [0.05, 0.1) is 13.2 Å². The van der Waals surface area contributed by atoms with Gasteiger partial charge in [0.2, 0.25) is 0 Å². The second-order valence-corrected chi connectivity index (χ2v) is 12.9. The lowest BCUT2D eigenvalue weighted by Crippen LogP contribution is -2.21. The van der Waals surface area contributed by atoms with Crippen LogP contribution < -0.4 is 0 Å². The topological polar surface area (TPSA) is 77.8 Å². The van der Waals surface area contributed by atoms with Gasteiger partial charge in [-0.2, -0.15) is 0 Å². The number of carboxylic acids is 1. The molecule has 3 rings (SSSR count). The van der Waals surface area contributed by atoms with Gasteiger partial charge in [-0.3, -0.25) is 0 Å². The van der Waals surface area contributed by atoms with Gasteiger partial charge in [0, 0.05) is 11.5 Å². The zero-order chi connectivity index (χ0) is 28.9. The maximum absolute atomic E-state index is 11.3. The van der Waals surface area contributed by atoms with Crippen molar-refractivity contribution in [3.8, 4) is 0 Å². The largest absolute Gasteiger partial charge is 0.478 e. The van der Waals surface area contributed by atoms with Crippen LogP contribution in [0.5, 0.6) is 0 Å². The molecular formula is C36H68O4. The van der Waals surface area contributed by atoms with E-state index in [2.05, 4.69) is 0 Å². The van der Waals surface area contributed by atoms with E-state index in [-0.39, 0.29) is 24.7 Å². The standard InChI is InChI=1S/C16H28O4.2C10H20/c17-11-14(12-18)15(16(19)20)10-13-8-6-4-2-1-3-5-7-9-13;2*1-2-4-6-8-10-9-7-5-3-1/h10,13-14,17-18H,1-9,11-12H2,(H,19,20);2*1-10H2. The first-order valence-corrected chi connectivity index (χ1v) is 17.9. The van der Waals surface area contributed by atoms with E-state index in [0.29, 0.717) is 0 Å². The quantitative estimate of drug-likeness (QED) is 0.290. The Morgan fingerprint density at radius 3 is 0.900 bits per heavy atom. The molecule has 3 aliphatic carbocycles. The lowest BCUT2D eigenvalue weighted by Gasteiger charge is -2.18. The van der Waals surface area contributed by atoms with E-state index in [0.717, 1.165) is 25.7 Å². The zero-order valence-corrected chi connectivity index (χ0v) is 26.4. The minimum atomic E-state index is -1.02. The van der Waals surface area contributed by atoms with Crippen LogP contribution in [0.1, 0.15) is 186 Å². The van der Waals surface area contributed by atoms with Crippen molar-refractivity contribution in [2.24, 2.45) is 11.8 Å². The summed E-state index contributed by atoms with van der Waals surface area (Å²) in [5.74, 6) is -1.42. The second kappa shape index (κ2) is 28.3. The highest BCUT2D eigenvalue weighted by atomic mass is 16.4. The molecule has 4 heteroatoms. The van der Waals surface area contributed by atoms with Crippen molar-refractivity contribution >= 4 is 5.97 Å². The van der Waals surface area contributed by atoms with Crippen LogP contribution in [0.15, 0.2) is 11.6 Å². The Balaban J connectivity index is 0.000000333. The van der Waals surface area contributed by atoms with Crippen LogP contribution in [0.2, 0.25) is 0 Å². The maximum Gasteiger partial charge on any atom is 0.331 e. The molecule has 0 spiro atoms. The first-order valence-electron chi connectivity index (χ1n) is 17.9. The first-order chi connectivity index (χ1) is 19.7. The number of hydrogen-bond acceptors (Lipinski definition) is 3. The fraction of sp³-hybridized carbons (Fsp3) is 0.917. The van der Waals surface area contributed by atoms with Crippen molar-refractivity contribution in [2.45, 2.75) is 186 Å². The van der Waals surface area contributed by atoms with Crippen molar-refractivity contribution in [1.82, 2.24) is 0 Å². The molecule has 0 aliphatic heterocycles. The average Bonchev–Trinajstić information content (AvgIpc) is 2.99. The molecule has 0 atom stereocenters. The predicted molar refractivity (Wildman–Crippen MR) is 171 cm³/mol. The van der Waals surface area contributed by atoms with Crippen LogP contribution in [0.4, 0.5) is 0 Å². The van der Waals surface area contributed by atoms with Crippen molar-refractivity contribution in [2.75, 3.05) is 13.2 Å². The average molecular weight is 565 g/mol. The van der Waals surface area contributed by atoms with Crippen LogP contribution in [-0.4, -0.2) is 34.5 Å². The molecule has 0 heterocycles. The number of aliphatic hydroxyl groups is 2. The predicted octanol–water partition coefficient (Wildman–Crippen LogP) is 10.5. The number of aliphatic hydroxyl groups excluding tert-OH is 2. The lowest BCUT2D eigenvalue weighted by atomic mass is 9.88. The van der Waals surface area contributed by atoms with Crippen molar-refractivity contribution in [1.29, 1.82) is 0 Å². The Morgan fingerprint density at radius 2 is 0.700 bits per heavy atom. The smallest absolute Gasteiger partial charge is 0.331 e. The first kappa shape index (κ1) is 37.2. The Hall–Kier alpha value is -0.870. The number of hydrogen-bond donors (Lipinski definition) is 3. The van der Waals surface area contributed by atoms with Gasteiger partial charge in [-0.15, -0.1) is 0 Å². The van der Waals surface area contributed by atoms with Crippen LogP contribution in [0.3, 0.4) is 0 Å². The molecule has 3 N–H and O–H groups in total. The molecule has 0 unspecified atom stereocenters. The van der Waals surface area contributed by atoms with Crippen LogP contribution >= 0.6 is 0 Å². The SMILES string of the molecule is C1CCCCCCCCC1.C1CCCCCCCCC1.O=C(O)C(=CC1CCCCCCCCC1)C(CO)CO. The van der Waals surface area contributed by atoms with Gasteiger partial charge < -0.3 is 15.3 Å². The summed E-state index contributed by atoms with van der Waals surface area (Å²) in [7, 11) is 0. The third-order valence-electron chi connectivity index (χ3n) is 9.19. The van der Waals surface area contributed by atoms with E-state index in [1.54, 1.807) is 6.08 Å². The summed E-state index contributed by atoms with van der Waals surface area (Å²) in [6.07, 6.45) is 42.4. The molecule has 40 heavy (non-hydrogen) atoms.